The predicted molar refractivity (Wildman–Crippen MR) is 160 cm³/mol. The van der Waals surface area contributed by atoms with Crippen molar-refractivity contribution in [1.82, 2.24) is 15.0 Å². The molecule has 0 aliphatic heterocycles. The largest absolute Gasteiger partial charge is 0.437 e. The fourth-order valence-corrected chi connectivity index (χ4v) is 5.76. The number of furan rings is 1. The number of hydrogen-bond acceptors (Lipinski definition) is 4. The summed E-state index contributed by atoms with van der Waals surface area (Å²) in [6, 6.07) is 29.6. The summed E-state index contributed by atoms with van der Waals surface area (Å²) in [6.45, 7) is 8.42. The zero-order valence-electron chi connectivity index (χ0n) is 22.4. The van der Waals surface area contributed by atoms with Gasteiger partial charge in [-0.1, -0.05) is 42.5 Å². The van der Waals surface area contributed by atoms with Crippen molar-refractivity contribution in [2.24, 2.45) is 0 Å². The maximum Gasteiger partial charge on any atom is 0.227 e. The average Bonchev–Trinajstić information content (AvgIpc) is 3.30. The Balaban J connectivity index is 1.39. The molecule has 0 atom stereocenters. The summed E-state index contributed by atoms with van der Waals surface area (Å²) in [6.07, 6.45) is 1.88. The maximum atomic E-state index is 6.27. The minimum atomic E-state index is 0.657. The van der Waals surface area contributed by atoms with E-state index in [9.17, 15) is 0 Å². The van der Waals surface area contributed by atoms with Crippen LogP contribution < -0.4 is 0 Å². The molecule has 0 amide bonds. The van der Waals surface area contributed by atoms with E-state index in [1.165, 1.54) is 27.8 Å². The van der Waals surface area contributed by atoms with E-state index in [-0.39, 0.29) is 0 Å². The van der Waals surface area contributed by atoms with Crippen molar-refractivity contribution >= 4 is 33.0 Å². The standard InChI is InChI=1S/C35H27N3O/c1-20-7-5-8-21(2)32(20)30-16-14-27-29(38-30)15-11-22(3)33(27)24-17-18-36-31(19-24)28-10-6-9-25-26-13-12-23(4)37-35(26)39-34(25)28/h5-19H,1-4H3. The van der Waals surface area contributed by atoms with Gasteiger partial charge in [-0.25, -0.2) is 9.97 Å². The van der Waals surface area contributed by atoms with Gasteiger partial charge in [0, 0.05) is 39.2 Å². The second-order valence-electron chi connectivity index (χ2n) is 10.3. The highest BCUT2D eigenvalue weighted by atomic mass is 16.3. The molecule has 4 heteroatoms. The molecule has 0 saturated heterocycles. The molecule has 0 fully saturated rings. The average molecular weight is 506 g/mol. The van der Waals surface area contributed by atoms with E-state index in [0.717, 1.165) is 55.5 Å². The Morgan fingerprint density at radius 2 is 1.36 bits per heavy atom. The number of pyridine rings is 3. The van der Waals surface area contributed by atoms with Crippen molar-refractivity contribution in [2.45, 2.75) is 27.7 Å². The van der Waals surface area contributed by atoms with Crippen LogP contribution in [0, 0.1) is 27.7 Å². The summed E-state index contributed by atoms with van der Waals surface area (Å²) in [5.74, 6) is 0. The molecule has 4 heterocycles. The third-order valence-electron chi connectivity index (χ3n) is 7.64. The number of aromatic nitrogens is 3. The molecule has 7 rings (SSSR count). The molecule has 0 aliphatic carbocycles. The number of fused-ring (bicyclic) bond motifs is 4. The smallest absolute Gasteiger partial charge is 0.227 e. The summed E-state index contributed by atoms with van der Waals surface area (Å²) in [5.41, 5.74) is 13.4. The topological polar surface area (TPSA) is 51.8 Å². The van der Waals surface area contributed by atoms with Crippen LogP contribution in [0.3, 0.4) is 0 Å². The van der Waals surface area contributed by atoms with Crippen LogP contribution in [0.5, 0.6) is 0 Å². The van der Waals surface area contributed by atoms with Crippen molar-refractivity contribution < 1.29 is 4.42 Å². The maximum absolute atomic E-state index is 6.27. The van der Waals surface area contributed by atoms with Crippen molar-refractivity contribution in [1.29, 1.82) is 0 Å². The third kappa shape index (κ3) is 3.79. The minimum absolute atomic E-state index is 0.657. The molecular weight excluding hydrogens is 478 g/mol. The highest BCUT2D eigenvalue weighted by Gasteiger charge is 2.16. The Morgan fingerprint density at radius 1 is 0.590 bits per heavy atom. The first-order chi connectivity index (χ1) is 19.0. The summed E-state index contributed by atoms with van der Waals surface area (Å²) in [4.78, 5) is 14.5. The molecule has 3 aromatic carbocycles. The fourth-order valence-electron chi connectivity index (χ4n) is 5.76. The predicted octanol–water partition coefficient (Wildman–Crippen LogP) is 9.16. The van der Waals surface area contributed by atoms with Crippen LogP contribution >= 0.6 is 0 Å². The second kappa shape index (κ2) is 8.88. The zero-order valence-corrected chi connectivity index (χ0v) is 22.4. The van der Waals surface area contributed by atoms with Gasteiger partial charge in [-0.05, 0) is 98.0 Å². The van der Waals surface area contributed by atoms with Crippen molar-refractivity contribution in [2.75, 3.05) is 0 Å². The normalized spacial score (nSPS) is 11.6. The van der Waals surface area contributed by atoms with E-state index in [0.29, 0.717) is 5.71 Å². The number of rotatable bonds is 3. The van der Waals surface area contributed by atoms with Crippen LogP contribution in [0.1, 0.15) is 22.4 Å². The first-order valence-electron chi connectivity index (χ1n) is 13.2. The third-order valence-corrected chi connectivity index (χ3v) is 7.64. The number of para-hydroxylation sites is 1. The Kier molecular flexibility index (Phi) is 5.31. The summed E-state index contributed by atoms with van der Waals surface area (Å²) < 4.78 is 6.27. The van der Waals surface area contributed by atoms with Crippen LogP contribution in [-0.4, -0.2) is 15.0 Å². The number of benzene rings is 3. The molecule has 7 aromatic rings. The summed E-state index contributed by atoms with van der Waals surface area (Å²) in [5, 5.41) is 3.19. The first kappa shape index (κ1) is 23.3. The molecule has 188 valence electrons. The van der Waals surface area contributed by atoms with Gasteiger partial charge in [0.25, 0.3) is 0 Å². The molecule has 0 saturated carbocycles. The monoisotopic (exact) mass is 505 g/mol. The van der Waals surface area contributed by atoms with Crippen LogP contribution in [0.2, 0.25) is 0 Å². The second-order valence-corrected chi connectivity index (χ2v) is 10.3. The van der Waals surface area contributed by atoms with Gasteiger partial charge in [-0.15, -0.1) is 0 Å². The van der Waals surface area contributed by atoms with Crippen molar-refractivity contribution in [3.05, 3.63) is 114 Å². The molecule has 0 radical (unpaired) electrons. The molecule has 4 aromatic heterocycles. The molecule has 4 nitrogen and oxygen atoms in total. The molecule has 0 unspecified atom stereocenters. The Morgan fingerprint density at radius 3 is 2.21 bits per heavy atom. The molecule has 0 bridgehead atoms. The van der Waals surface area contributed by atoms with Gasteiger partial charge < -0.3 is 4.42 Å². The van der Waals surface area contributed by atoms with Crippen LogP contribution in [-0.2, 0) is 0 Å². The van der Waals surface area contributed by atoms with E-state index in [1.54, 1.807) is 0 Å². The van der Waals surface area contributed by atoms with Gasteiger partial charge in [0.1, 0.15) is 5.58 Å². The van der Waals surface area contributed by atoms with Gasteiger partial charge in [-0.3, -0.25) is 4.98 Å². The van der Waals surface area contributed by atoms with Crippen molar-refractivity contribution in [3.63, 3.8) is 0 Å². The van der Waals surface area contributed by atoms with Gasteiger partial charge in [0.05, 0.1) is 16.9 Å². The number of nitrogens with zero attached hydrogens (tertiary/aromatic N) is 3. The summed E-state index contributed by atoms with van der Waals surface area (Å²) in [7, 11) is 0. The molecule has 0 N–H and O–H groups in total. The van der Waals surface area contributed by atoms with Crippen molar-refractivity contribution in [3.8, 4) is 33.6 Å². The van der Waals surface area contributed by atoms with Gasteiger partial charge in [0.2, 0.25) is 5.71 Å². The van der Waals surface area contributed by atoms with Gasteiger partial charge in [-0.2, -0.15) is 0 Å². The quantitative estimate of drug-likeness (QED) is 0.240. The molecule has 0 spiro atoms. The van der Waals surface area contributed by atoms with E-state index in [4.69, 9.17) is 14.4 Å². The lowest BCUT2D eigenvalue weighted by Gasteiger charge is -2.14. The number of hydrogen-bond donors (Lipinski definition) is 0. The van der Waals surface area contributed by atoms with E-state index >= 15 is 0 Å². The van der Waals surface area contributed by atoms with Crippen LogP contribution in [0.15, 0.2) is 95.5 Å². The summed E-state index contributed by atoms with van der Waals surface area (Å²) >= 11 is 0. The lowest BCUT2D eigenvalue weighted by atomic mass is 9.93. The van der Waals surface area contributed by atoms with Gasteiger partial charge >= 0.3 is 0 Å². The fraction of sp³-hybridized carbons (Fsp3) is 0.114. The van der Waals surface area contributed by atoms with Gasteiger partial charge in [0.15, 0.2) is 0 Å². The SMILES string of the molecule is Cc1ccc2c(n1)oc1c(-c3cc(-c4c(C)ccc5nc(-c6c(C)cccc6C)ccc45)ccn3)cccc12. The Bertz CT molecular complexity index is 2050. The highest BCUT2D eigenvalue weighted by molar-refractivity contribution is 6.08. The molecule has 39 heavy (non-hydrogen) atoms. The molecule has 0 aliphatic rings. The minimum Gasteiger partial charge on any atom is -0.437 e. The van der Waals surface area contributed by atoms with Crippen LogP contribution in [0.25, 0.3) is 66.6 Å². The lowest BCUT2D eigenvalue weighted by molar-refractivity contribution is 0.653. The highest BCUT2D eigenvalue weighted by Crippen LogP contribution is 2.38. The molecular formula is C35H27N3O. The van der Waals surface area contributed by atoms with E-state index in [1.807, 2.05) is 19.2 Å². The lowest BCUT2D eigenvalue weighted by Crippen LogP contribution is -1.94. The first-order valence-corrected chi connectivity index (χ1v) is 13.2. The van der Waals surface area contributed by atoms with Crippen LogP contribution in [0.4, 0.5) is 0 Å². The zero-order chi connectivity index (χ0) is 26.7. The van der Waals surface area contributed by atoms with E-state index in [2.05, 4.69) is 105 Å². The van der Waals surface area contributed by atoms with E-state index < -0.39 is 0 Å². The Hall–Kier alpha value is -4.83. The Labute approximate surface area is 227 Å². The number of aryl methyl sites for hydroxylation is 4.